The molecule has 1 aromatic carbocycles. The van der Waals surface area contributed by atoms with Gasteiger partial charge in [-0.15, -0.1) is 0 Å². The molecule has 0 saturated carbocycles. The number of carbonyl (C=O) groups is 1. The van der Waals surface area contributed by atoms with Crippen molar-refractivity contribution in [1.82, 2.24) is 0 Å². The molecular formula is C19H26O2. The van der Waals surface area contributed by atoms with E-state index in [4.69, 9.17) is 0 Å². The average Bonchev–Trinajstić information content (AvgIpc) is 2.46. The SMILES string of the molecule is CCCCCC=Cc1c(O)cc(CC=C(C)C)cc1C=O. The van der Waals surface area contributed by atoms with Crippen molar-refractivity contribution in [2.24, 2.45) is 0 Å². The van der Waals surface area contributed by atoms with Gasteiger partial charge >= 0.3 is 0 Å². The zero-order chi connectivity index (χ0) is 15.7. The van der Waals surface area contributed by atoms with Crippen molar-refractivity contribution < 1.29 is 9.90 Å². The van der Waals surface area contributed by atoms with Crippen LogP contribution in [0.1, 0.15) is 67.9 Å². The minimum absolute atomic E-state index is 0.184. The summed E-state index contributed by atoms with van der Waals surface area (Å²) in [6, 6.07) is 3.61. The van der Waals surface area contributed by atoms with Crippen LogP contribution in [0.25, 0.3) is 6.08 Å². The Morgan fingerprint density at radius 1 is 1.24 bits per heavy atom. The summed E-state index contributed by atoms with van der Waals surface area (Å²) in [5.74, 6) is 0.184. The van der Waals surface area contributed by atoms with Crippen molar-refractivity contribution in [1.29, 1.82) is 0 Å². The maximum Gasteiger partial charge on any atom is 0.150 e. The lowest BCUT2D eigenvalue weighted by Gasteiger charge is -2.07. The monoisotopic (exact) mass is 286 g/mol. The Hall–Kier alpha value is -1.83. The molecule has 0 aliphatic heterocycles. The molecule has 0 radical (unpaired) electrons. The Kier molecular flexibility index (Phi) is 7.52. The van der Waals surface area contributed by atoms with Crippen LogP contribution in [-0.4, -0.2) is 11.4 Å². The van der Waals surface area contributed by atoms with E-state index in [1.165, 1.54) is 18.4 Å². The van der Waals surface area contributed by atoms with Crippen molar-refractivity contribution in [2.45, 2.75) is 52.9 Å². The maximum absolute atomic E-state index is 11.2. The van der Waals surface area contributed by atoms with Crippen molar-refractivity contribution in [3.05, 3.63) is 46.5 Å². The summed E-state index contributed by atoms with van der Waals surface area (Å²) in [7, 11) is 0. The van der Waals surface area contributed by atoms with Crippen LogP contribution >= 0.6 is 0 Å². The fraction of sp³-hybridized carbons (Fsp3) is 0.421. The third-order valence-electron chi connectivity index (χ3n) is 3.38. The molecule has 0 atom stereocenters. The van der Waals surface area contributed by atoms with E-state index in [9.17, 15) is 9.90 Å². The maximum atomic E-state index is 11.2. The van der Waals surface area contributed by atoms with Gasteiger partial charge in [-0.2, -0.15) is 0 Å². The molecular weight excluding hydrogens is 260 g/mol. The number of phenols is 1. The number of benzene rings is 1. The fourth-order valence-corrected chi connectivity index (χ4v) is 2.15. The third-order valence-corrected chi connectivity index (χ3v) is 3.38. The first kappa shape index (κ1) is 17.2. The first-order valence-electron chi connectivity index (χ1n) is 7.69. The normalized spacial score (nSPS) is 10.8. The predicted molar refractivity (Wildman–Crippen MR) is 89.8 cm³/mol. The van der Waals surface area contributed by atoms with Crippen LogP contribution < -0.4 is 0 Å². The number of carbonyl (C=O) groups excluding carboxylic acids is 1. The molecule has 114 valence electrons. The Balaban J connectivity index is 2.89. The standard InChI is InChI=1S/C19H26O2/c1-4-5-6-7-8-9-18-17(14-20)12-16(13-19(18)21)11-10-15(2)3/h8-10,12-14,21H,4-7,11H2,1-3H3. The highest BCUT2D eigenvalue weighted by molar-refractivity contribution is 5.84. The molecule has 1 rings (SSSR count). The Bertz CT molecular complexity index is 521. The molecule has 0 spiro atoms. The van der Waals surface area contributed by atoms with Crippen LogP contribution in [0.3, 0.4) is 0 Å². The summed E-state index contributed by atoms with van der Waals surface area (Å²) in [5.41, 5.74) is 3.36. The number of hydrogen-bond acceptors (Lipinski definition) is 2. The largest absolute Gasteiger partial charge is 0.507 e. The Morgan fingerprint density at radius 3 is 2.62 bits per heavy atom. The summed E-state index contributed by atoms with van der Waals surface area (Å²) in [6.45, 7) is 6.24. The Morgan fingerprint density at radius 2 is 2.00 bits per heavy atom. The van der Waals surface area contributed by atoms with Gasteiger partial charge in [-0.25, -0.2) is 0 Å². The van der Waals surface area contributed by atoms with E-state index in [0.717, 1.165) is 31.1 Å². The molecule has 2 nitrogen and oxygen atoms in total. The number of allylic oxidation sites excluding steroid dienone is 3. The molecule has 0 aliphatic carbocycles. The van der Waals surface area contributed by atoms with Gasteiger partial charge in [0.15, 0.2) is 6.29 Å². The van der Waals surface area contributed by atoms with Gasteiger partial charge in [0.05, 0.1) is 0 Å². The lowest BCUT2D eigenvalue weighted by molar-refractivity contribution is 0.112. The van der Waals surface area contributed by atoms with Gasteiger partial charge in [-0.05, 0) is 50.8 Å². The number of aromatic hydroxyl groups is 1. The first-order chi connectivity index (χ1) is 10.1. The van der Waals surface area contributed by atoms with E-state index in [1.54, 1.807) is 6.07 Å². The summed E-state index contributed by atoms with van der Waals surface area (Å²) < 4.78 is 0. The highest BCUT2D eigenvalue weighted by atomic mass is 16.3. The van der Waals surface area contributed by atoms with Crippen molar-refractivity contribution in [3.63, 3.8) is 0 Å². The van der Waals surface area contributed by atoms with Gasteiger partial charge in [-0.1, -0.05) is 43.6 Å². The smallest absolute Gasteiger partial charge is 0.150 e. The minimum Gasteiger partial charge on any atom is -0.507 e. The van der Waals surface area contributed by atoms with E-state index in [0.29, 0.717) is 11.1 Å². The molecule has 0 bridgehead atoms. The second kappa shape index (κ2) is 9.17. The van der Waals surface area contributed by atoms with Crippen LogP contribution in [0.15, 0.2) is 29.9 Å². The minimum atomic E-state index is 0.184. The summed E-state index contributed by atoms with van der Waals surface area (Å²) in [5, 5.41) is 10.1. The third kappa shape index (κ3) is 5.99. The van der Waals surface area contributed by atoms with Crippen molar-refractivity contribution in [2.75, 3.05) is 0 Å². The summed E-state index contributed by atoms with van der Waals surface area (Å²) in [4.78, 5) is 11.2. The lowest BCUT2D eigenvalue weighted by atomic mass is 10.00. The number of phenolic OH excluding ortho intramolecular Hbond substituents is 1. The molecule has 0 aromatic heterocycles. The van der Waals surface area contributed by atoms with Gasteiger partial charge in [0, 0.05) is 11.1 Å². The molecule has 0 unspecified atom stereocenters. The zero-order valence-corrected chi connectivity index (χ0v) is 13.4. The molecule has 0 saturated heterocycles. The molecule has 0 aliphatic rings. The van der Waals surface area contributed by atoms with Crippen LogP contribution in [0, 0.1) is 0 Å². The van der Waals surface area contributed by atoms with Crippen LogP contribution in [0.5, 0.6) is 5.75 Å². The topological polar surface area (TPSA) is 37.3 Å². The van der Waals surface area contributed by atoms with Gasteiger partial charge in [-0.3, -0.25) is 4.79 Å². The highest BCUT2D eigenvalue weighted by Gasteiger charge is 2.07. The van der Waals surface area contributed by atoms with E-state index < -0.39 is 0 Å². The van der Waals surface area contributed by atoms with Crippen LogP contribution in [-0.2, 0) is 6.42 Å². The highest BCUT2D eigenvalue weighted by Crippen LogP contribution is 2.25. The van der Waals surface area contributed by atoms with E-state index >= 15 is 0 Å². The molecule has 21 heavy (non-hydrogen) atoms. The number of hydrogen-bond donors (Lipinski definition) is 1. The average molecular weight is 286 g/mol. The molecule has 1 N–H and O–H groups in total. The van der Waals surface area contributed by atoms with Gasteiger partial charge in [0.2, 0.25) is 0 Å². The predicted octanol–water partition coefficient (Wildman–Crippen LogP) is 5.31. The Labute approximate surface area is 128 Å². The quantitative estimate of drug-likeness (QED) is 0.399. The van der Waals surface area contributed by atoms with Crippen molar-refractivity contribution in [3.8, 4) is 5.75 Å². The molecule has 0 amide bonds. The van der Waals surface area contributed by atoms with E-state index in [1.807, 2.05) is 32.1 Å². The van der Waals surface area contributed by atoms with Crippen molar-refractivity contribution >= 4 is 12.4 Å². The second-order valence-electron chi connectivity index (χ2n) is 5.62. The van der Waals surface area contributed by atoms with E-state index in [2.05, 4.69) is 13.0 Å². The van der Waals surface area contributed by atoms with Gasteiger partial charge in [0.1, 0.15) is 5.75 Å². The summed E-state index contributed by atoms with van der Waals surface area (Å²) in [6.07, 6.45) is 12.1. The van der Waals surface area contributed by atoms with Gasteiger partial charge < -0.3 is 5.11 Å². The van der Waals surface area contributed by atoms with E-state index in [-0.39, 0.29) is 5.75 Å². The number of rotatable bonds is 8. The lowest BCUT2D eigenvalue weighted by Crippen LogP contribution is -1.92. The number of unbranched alkanes of at least 4 members (excludes halogenated alkanes) is 3. The zero-order valence-electron chi connectivity index (χ0n) is 13.4. The van der Waals surface area contributed by atoms with Crippen LogP contribution in [0.2, 0.25) is 0 Å². The molecule has 1 aromatic rings. The second-order valence-corrected chi connectivity index (χ2v) is 5.62. The van der Waals surface area contributed by atoms with Gasteiger partial charge in [0.25, 0.3) is 0 Å². The first-order valence-corrected chi connectivity index (χ1v) is 7.69. The number of aldehydes is 1. The van der Waals surface area contributed by atoms with Crippen LogP contribution in [0.4, 0.5) is 0 Å². The molecule has 0 fully saturated rings. The molecule has 0 heterocycles. The fourth-order valence-electron chi connectivity index (χ4n) is 2.15. The summed E-state index contributed by atoms with van der Waals surface area (Å²) >= 11 is 0. The molecule has 2 heteroatoms.